The Labute approximate surface area is 199 Å². The Kier molecular flexibility index (Phi) is 7.11. The molecule has 1 aliphatic rings. The predicted molar refractivity (Wildman–Crippen MR) is 132 cm³/mol. The summed E-state index contributed by atoms with van der Waals surface area (Å²) in [5.74, 6) is 0.570. The Morgan fingerprint density at radius 1 is 1.09 bits per heavy atom. The lowest BCUT2D eigenvalue weighted by molar-refractivity contribution is 0.122. The first-order chi connectivity index (χ1) is 16.0. The molecule has 0 spiro atoms. The van der Waals surface area contributed by atoms with E-state index in [1.54, 1.807) is 6.20 Å². The first-order valence-corrected chi connectivity index (χ1v) is 11.6. The fourth-order valence-corrected chi connectivity index (χ4v) is 4.37. The first-order valence-electron chi connectivity index (χ1n) is 11.2. The minimum Gasteiger partial charge on any atom is -0.378 e. The van der Waals surface area contributed by atoms with Crippen molar-refractivity contribution >= 4 is 35.0 Å². The maximum atomic E-state index is 12.9. The average molecular weight is 466 g/mol. The second-order valence-corrected chi connectivity index (χ2v) is 8.20. The van der Waals surface area contributed by atoms with Crippen LogP contribution < -0.4 is 15.5 Å². The van der Waals surface area contributed by atoms with Gasteiger partial charge >= 0.3 is 6.03 Å². The molecule has 4 rings (SSSR count). The quantitative estimate of drug-likeness (QED) is 0.555. The second-order valence-electron chi connectivity index (χ2n) is 7.79. The highest BCUT2D eigenvalue weighted by atomic mass is 35.5. The number of halogens is 1. The molecule has 2 N–H and O–H groups in total. The first kappa shape index (κ1) is 23.0. The Hall–Kier alpha value is -3.16. The molecule has 0 bridgehead atoms. The normalized spacial score (nSPS) is 13.7. The molecule has 172 valence electrons. The predicted octanol–water partition coefficient (Wildman–Crippen LogP) is 4.98. The highest BCUT2D eigenvalue weighted by Gasteiger charge is 2.27. The van der Waals surface area contributed by atoms with Crippen molar-refractivity contribution in [2.45, 2.75) is 26.7 Å². The van der Waals surface area contributed by atoms with Crippen molar-refractivity contribution in [3.63, 3.8) is 0 Å². The van der Waals surface area contributed by atoms with Gasteiger partial charge in [0.1, 0.15) is 5.69 Å². The minimum absolute atomic E-state index is 0.503. The van der Waals surface area contributed by atoms with E-state index in [2.05, 4.69) is 23.7 Å². The molecule has 1 aliphatic heterocycles. The zero-order valence-corrected chi connectivity index (χ0v) is 19.7. The SMILES string of the molecule is CCc1cccc(CC)c1N(C(N)=O)c1cnc(N2CCOCC2)nc1-c1ccccc1Cl. The van der Waals surface area contributed by atoms with E-state index in [1.807, 2.05) is 42.5 Å². The lowest BCUT2D eigenvalue weighted by Crippen LogP contribution is -2.38. The fraction of sp³-hybridized carbons (Fsp3) is 0.320. The number of ether oxygens (including phenoxy) is 1. The fourth-order valence-electron chi connectivity index (χ4n) is 4.15. The number of hydrogen-bond acceptors (Lipinski definition) is 5. The lowest BCUT2D eigenvalue weighted by Gasteiger charge is -2.30. The van der Waals surface area contributed by atoms with E-state index in [0.717, 1.165) is 29.7 Å². The van der Waals surface area contributed by atoms with E-state index >= 15 is 0 Å². The van der Waals surface area contributed by atoms with E-state index < -0.39 is 6.03 Å². The van der Waals surface area contributed by atoms with Crippen LogP contribution in [0.4, 0.5) is 22.1 Å². The van der Waals surface area contributed by atoms with Crippen LogP contribution in [0, 0.1) is 0 Å². The maximum absolute atomic E-state index is 12.9. The van der Waals surface area contributed by atoms with Gasteiger partial charge in [-0.25, -0.2) is 14.8 Å². The summed E-state index contributed by atoms with van der Waals surface area (Å²) in [7, 11) is 0. The lowest BCUT2D eigenvalue weighted by atomic mass is 10.0. The molecule has 3 aromatic rings. The number of rotatable bonds is 6. The topological polar surface area (TPSA) is 84.6 Å². The van der Waals surface area contributed by atoms with E-state index in [9.17, 15) is 4.79 Å². The monoisotopic (exact) mass is 465 g/mol. The van der Waals surface area contributed by atoms with Crippen LogP contribution in [-0.2, 0) is 17.6 Å². The van der Waals surface area contributed by atoms with Crippen molar-refractivity contribution in [1.29, 1.82) is 0 Å². The molecule has 2 aromatic carbocycles. The Morgan fingerprint density at radius 2 is 1.76 bits per heavy atom. The van der Waals surface area contributed by atoms with Gasteiger partial charge in [0.25, 0.3) is 0 Å². The van der Waals surface area contributed by atoms with Crippen LogP contribution in [0.5, 0.6) is 0 Å². The summed E-state index contributed by atoms with van der Waals surface area (Å²) in [4.78, 5) is 26.0. The van der Waals surface area contributed by atoms with Gasteiger partial charge in [-0.15, -0.1) is 0 Å². The number of benzene rings is 2. The van der Waals surface area contributed by atoms with Crippen molar-refractivity contribution in [1.82, 2.24) is 9.97 Å². The largest absolute Gasteiger partial charge is 0.378 e. The van der Waals surface area contributed by atoms with E-state index in [-0.39, 0.29) is 0 Å². The summed E-state index contributed by atoms with van der Waals surface area (Å²) in [6, 6.07) is 12.9. The third kappa shape index (κ3) is 4.65. The molecular weight excluding hydrogens is 438 g/mol. The Balaban J connectivity index is 1.95. The zero-order chi connectivity index (χ0) is 23.4. The molecule has 2 heterocycles. The van der Waals surface area contributed by atoms with Crippen molar-refractivity contribution in [2.24, 2.45) is 5.73 Å². The molecular formula is C25H28ClN5O2. The third-order valence-electron chi connectivity index (χ3n) is 5.83. The number of aryl methyl sites for hydroxylation is 2. The van der Waals surface area contributed by atoms with Crippen LogP contribution in [0.1, 0.15) is 25.0 Å². The summed E-state index contributed by atoms with van der Waals surface area (Å²) in [5.41, 5.74) is 10.6. The smallest absolute Gasteiger partial charge is 0.324 e. The van der Waals surface area contributed by atoms with Crippen molar-refractivity contribution in [2.75, 3.05) is 36.1 Å². The van der Waals surface area contributed by atoms with Gasteiger partial charge in [-0.2, -0.15) is 0 Å². The summed E-state index contributed by atoms with van der Waals surface area (Å²) in [6.45, 7) is 6.74. The van der Waals surface area contributed by atoms with Crippen LogP contribution in [0.15, 0.2) is 48.7 Å². The molecule has 1 aromatic heterocycles. The summed E-state index contributed by atoms with van der Waals surface area (Å²) >= 11 is 6.59. The number of nitrogens with zero attached hydrogens (tertiary/aromatic N) is 4. The summed E-state index contributed by atoms with van der Waals surface area (Å²) in [5, 5.41) is 0.536. The number of hydrogen-bond donors (Lipinski definition) is 1. The van der Waals surface area contributed by atoms with Crippen LogP contribution in [0.2, 0.25) is 5.02 Å². The highest BCUT2D eigenvalue weighted by Crippen LogP contribution is 2.40. The number of anilines is 3. The molecule has 7 nitrogen and oxygen atoms in total. The number of carbonyl (C=O) groups is 1. The number of amides is 2. The van der Waals surface area contributed by atoms with Crippen molar-refractivity contribution in [3.8, 4) is 11.3 Å². The molecule has 2 amide bonds. The number of primary amides is 1. The van der Waals surface area contributed by atoms with Crippen LogP contribution in [-0.4, -0.2) is 42.3 Å². The molecule has 1 fully saturated rings. The second kappa shape index (κ2) is 10.2. The van der Waals surface area contributed by atoms with Gasteiger partial charge in [-0.05, 0) is 30.0 Å². The molecule has 0 atom stereocenters. The number of aromatic nitrogens is 2. The average Bonchev–Trinajstić information content (AvgIpc) is 2.85. The molecule has 1 saturated heterocycles. The van der Waals surface area contributed by atoms with Crippen LogP contribution in [0.3, 0.4) is 0 Å². The number of morpholine rings is 1. The number of urea groups is 1. The Morgan fingerprint density at radius 3 is 2.36 bits per heavy atom. The van der Waals surface area contributed by atoms with Gasteiger partial charge in [-0.3, -0.25) is 4.90 Å². The zero-order valence-electron chi connectivity index (χ0n) is 18.9. The van der Waals surface area contributed by atoms with Crippen molar-refractivity contribution in [3.05, 3.63) is 64.8 Å². The van der Waals surface area contributed by atoms with Crippen molar-refractivity contribution < 1.29 is 9.53 Å². The van der Waals surface area contributed by atoms with Gasteiger partial charge in [0.05, 0.1) is 35.8 Å². The number of carbonyl (C=O) groups excluding carboxylic acids is 1. The number of para-hydroxylation sites is 1. The summed E-state index contributed by atoms with van der Waals surface area (Å²) < 4.78 is 5.47. The molecule has 8 heteroatoms. The molecule has 0 saturated carbocycles. The minimum atomic E-state index is -0.596. The number of nitrogens with two attached hydrogens (primary N) is 1. The van der Waals surface area contributed by atoms with Gasteiger partial charge in [-0.1, -0.05) is 61.8 Å². The highest BCUT2D eigenvalue weighted by molar-refractivity contribution is 6.33. The van der Waals surface area contributed by atoms with E-state index in [0.29, 0.717) is 54.2 Å². The summed E-state index contributed by atoms with van der Waals surface area (Å²) in [6.07, 6.45) is 3.18. The van der Waals surface area contributed by atoms with Crippen LogP contribution in [0.25, 0.3) is 11.3 Å². The molecule has 0 unspecified atom stereocenters. The van der Waals surface area contributed by atoms with Crippen LogP contribution >= 0.6 is 11.6 Å². The van der Waals surface area contributed by atoms with Gasteiger partial charge < -0.3 is 15.4 Å². The standard InChI is InChI=1S/C25H28ClN5O2/c1-3-17-8-7-9-18(4-2)23(17)31(24(27)32)21-16-28-25(30-12-14-33-15-13-30)29-22(21)19-10-5-6-11-20(19)26/h5-11,16H,3-4,12-15H2,1-2H3,(H2,27,32). The van der Waals surface area contributed by atoms with Gasteiger partial charge in [0.2, 0.25) is 5.95 Å². The van der Waals surface area contributed by atoms with Gasteiger partial charge in [0, 0.05) is 18.7 Å². The molecule has 0 aliphatic carbocycles. The van der Waals surface area contributed by atoms with E-state index in [1.165, 1.54) is 4.90 Å². The Bertz CT molecular complexity index is 1130. The van der Waals surface area contributed by atoms with E-state index in [4.69, 9.17) is 27.1 Å². The van der Waals surface area contributed by atoms with Gasteiger partial charge in [0.15, 0.2) is 0 Å². The third-order valence-corrected chi connectivity index (χ3v) is 6.16. The maximum Gasteiger partial charge on any atom is 0.324 e. The molecule has 33 heavy (non-hydrogen) atoms. The molecule has 0 radical (unpaired) electrons.